The summed E-state index contributed by atoms with van der Waals surface area (Å²) in [7, 11) is -3.48. The monoisotopic (exact) mass is 561 g/mol. The number of halogens is 2. The average molecular weight is 562 g/mol. The molecule has 0 aliphatic carbocycles. The number of thioether (sulfide) groups is 1. The third-order valence-corrected chi connectivity index (χ3v) is 9.40. The first-order valence-electron chi connectivity index (χ1n) is 12.0. The summed E-state index contributed by atoms with van der Waals surface area (Å²) < 4.78 is 41.1. The van der Waals surface area contributed by atoms with Crippen LogP contribution in [0.1, 0.15) is 21.5 Å². The fraction of sp³-hybridized carbons (Fsp3) is 0.296. The van der Waals surface area contributed by atoms with Gasteiger partial charge in [-0.1, -0.05) is 48.0 Å². The van der Waals surface area contributed by atoms with E-state index in [-0.39, 0.29) is 11.7 Å². The number of carbonyl (C=O) groups is 1. The molecule has 1 fully saturated rings. The van der Waals surface area contributed by atoms with Crippen LogP contribution in [-0.4, -0.2) is 62.0 Å². The Morgan fingerprint density at radius 3 is 2.43 bits per heavy atom. The minimum Gasteiger partial charge on any atom is -0.351 e. The maximum atomic E-state index is 13.9. The van der Waals surface area contributed by atoms with Gasteiger partial charge in [0.05, 0.1) is 4.90 Å². The molecule has 1 heterocycles. The van der Waals surface area contributed by atoms with E-state index < -0.39 is 10.0 Å². The van der Waals surface area contributed by atoms with Gasteiger partial charge < -0.3 is 5.32 Å². The molecule has 1 amide bonds. The molecule has 0 bridgehead atoms. The van der Waals surface area contributed by atoms with Crippen molar-refractivity contribution in [1.82, 2.24) is 14.5 Å². The number of benzene rings is 3. The van der Waals surface area contributed by atoms with Crippen LogP contribution in [0.2, 0.25) is 5.02 Å². The summed E-state index contributed by atoms with van der Waals surface area (Å²) in [5, 5.41) is 3.32. The molecule has 1 aliphatic heterocycles. The Hall–Kier alpha value is -2.43. The van der Waals surface area contributed by atoms with E-state index in [0.717, 1.165) is 5.56 Å². The number of nitrogens with zero attached hydrogens (tertiary/aromatic N) is 2. The van der Waals surface area contributed by atoms with Crippen LogP contribution in [0.4, 0.5) is 4.39 Å². The van der Waals surface area contributed by atoms with Gasteiger partial charge in [-0.25, -0.2) is 12.8 Å². The number of sulfonamides is 1. The number of hydrogen-bond acceptors (Lipinski definition) is 5. The molecule has 1 saturated heterocycles. The Bertz CT molecular complexity index is 1300. The van der Waals surface area contributed by atoms with Gasteiger partial charge >= 0.3 is 0 Å². The number of carbonyl (C=O) groups excluding carboxylic acids is 1. The zero-order valence-electron chi connectivity index (χ0n) is 20.3. The van der Waals surface area contributed by atoms with Gasteiger partial charge in [0.15, 0.2) is 0 Å². The van der Waals surface area contributed by atoms with Crippen LogP contribution < -0.4 is 5.32 Å². The Balaban J connectivity index is 1.23. The van der Waals surface area contributed by atoms with Crippen molar-refractivity contribution < 1.29 is 17.6 Å². The maximum Gasteiger partial charge on any atom is 0.251 e. The first kappa shape index (κ1) is 27.6. The van der Waals surface area contributed by atoms with Crippen molar-refractivity contribution in [3.63, 3.8) is 0 Å². The quantitative estimate of drug-likeness (QED) is 0.365. The molecule has 0 spiro atoms. The molecule has 0 aromatic heterocycles. The van der Waals surface area contributed by atoms with E-state index in [0.29, 0.717) is 71.8 Å². The smallest absolute Gasteiger partial charge is 0.251 e. The SMILES string of the molecule is O=C(NCCSCc1c(F)cccc1Cl)c1cccc(CN2CCN(S(=O)(=O)c3ccccc3)CC2)c1. The highest BCUT2D eigenvalue weighted by atomic mass is 35.5. The first-order valence-corrected chi connectivity index (χ1v) is 15.0. The molecule has 0 saturated carbocycles. The van der Waals surface area contributed by atoms with Gasteiger partial charge in [0.2, 0.25) is 10.0 Å². The zero-order chi connectivity index (χ0) is 26.3. The largest absolute Gasteiger partial charge is 0.351 e. The molecule has 0 unspecified atom stereocenters. The van der Waals surface area contributed by atoms with Crippen molar-refractivity contribution in [3.8, 4) is 0 Å². The van der Waals surface area contributed by atoms with E-state index in [1.807, 2.05) is 18.2 Å². The highest BCUT2D eigenvalue weighted by molar-refractivity contribution is 7.98. The number of piperazine rings is 1. The average Bonchev–Trinajstić information content (AvgIpc) is 2.91. The van der Waals surface area contributed by atoms with E-state index in [9.17, 15) is 17.6 Å². The van der Waals surface area contributed by atoms with Crippen molar-refractivity contribution in [2.75, 3.05) is 38.5 Å². The topological polar surface area (TPSA) is 69.7 Å². The highest BCUT2D eigenvalue weighted by Crippen LogP contribution is 2.24. The summed E-state index contributed by atoms with van der Waals surface area (Å²) in [6.07, 6.45) is 0. The van der Waals surface area contributed by atoms with E-state index in [2.05, 4.69) is 10.2 Å². The lowest BCUT2D eigenvalue weighted by Gasteiger charge is -2.34. The first-order chi connectivity index (χ1) is 17.8. The van der Waals surface area contributed by atoms with Crippen LogP contribution in [0.5, 0.6) is 0 Å². The Labute approximate surface area is 226 Å². The molecule has 37 heavy (non-hydrogen) atoms. The zero-order valence-corrected chi connectivity index (χ0v) is 22.7. The van der Waals surface area contributed by atoms with Crippen molar-refractivity contribution in [1.29, 1.82) is 0 Å². The molecule has 196 valence electrons. The third kappa shape index (κ3) is 7.33. The third-order valence-electron chi connectivity index (χ3n) is 6.15. The van der Waals surface area contributed by atoms with Gasteiger partial charge in [-0.2, -0.15) is 16.1 Å². The summed E-state index contributed by atoms with van der Waals surface area (Å²) in [6.45, 7) is 3.18. The number of nitrogens with one attached hydrogen (secondary N) is 1. The van der Waals surface area contributed by atoms with Crippen LogP contribution in [0.3, 0.4) is 0 Å². The lowest BCUT2D eigenvalue weighted by molar-refractivity contribution is 0.0956. The van der Waals surface area contributed by atoms with Crippen molar-refractivity contribution in [2.24, 2.45) is 0 Å². The molecule has 1 N–H and O–H groups in total. The summed E-state index contributed by atoms with van der Waals surface area (Å²) >= 11 is 7.56. The molecule has 10 heteroatoms. The van der Waals surface area contributed by atoms with E-state index >= 15 is 0 Å². The Kier molecular flexibility index (Phi) is 9.61. The summed E-state index contributed by atoms with van der Waals surface area (Å²) in [6, 6.07) is 20.6. The molecule has 0 radical (unpaired) electrons. The van der Waals surface area contributed by atoms with Crippen molar-refractivity contribution in [2.45, 2.75) is 17.2 Å². The van der Waals surface area contributed by atoms with Gasteiger partial charge in [-0.05, 0) is 42.0 Å². The van der Waals surface area contributed by atoms with E-state index in [1.165, 1.54) is 22.1 Å². The second-order valence-corrected chi connectivity index (χ2v) is 12.2. The molecule has 3 aromatic rings. The van der Waals surface area contributed by atoms with Crippen LogP contribution >= 0.6 is 23.4 Å². The summed E-state index contributed by atoms with van der Waals surface area (Å²) in [5.74, 6) is 0.591. The molecule has 3 aromatic carbocycles. The van der Waals surface area contributed by atoms with Gasteiger partial charge in [0, 0.05) is 66.9 Å². The van der Waals surface area contributed by atoms with Crippen LogP contribution in [0.25, 0.3) is 0 Å². The summed E-state index contributed by atoms with van der Waals surface area (Å²) in [5.41, 5.74) is 2.05. The number of rotatable bonds is 10. The second-order valence-electron chi connectivity index (χ2n) is 8.70. The number of hydrogen-bond donors (Lipinski definition) is 1. The number of amides is 1. The lowest BCUT2D eigenvalue weighted by Crippen LogP contribution is -2.48. The van der Waals surface area contributed by atoms with E-state index in [1.54, 1.807) is 48.5 Å². The van der Waals surface area contributed by atoms with Crippen molar-refractivity contribution >= 4 is 39.3 Å². The molecule has 1 aliphatic rings. The van der Waals surface area contributed by atoms with Gasteiger partial charge in [0.1, 0.15) is 5.82 Å². The summed E-state index contributed by atoms with van der Waals surface area (Å²) in [4.78, 5) is 15.1. The van der Waals surface area contributed by atoms with E-state index in [4.69, 9.17) is 11.6 Å². The molecule has 6 nitrogen and oxygen atoms in total. The molecular weight excluding hydrogens is 533 g/mol. The Morgan fingerprint density at radius 1 is 0.973 bits per heavy atom. The predicted molar refractivity (Wildman–Crippen MR) is 147 cm³/mol. The predicted octanol–water partition coefficient (Wildman–Crippen LogP) is 4.65. The molecular formula is C27H29ClFN3O3S2. The maximum absolute atomic E-state index is 13.9. The van der Waals surface area contributed by atoms with Crippen LogP contribution in [0, 0.1) is 5.82 Å². The second kappa shape index (κ2) is 12.9. The molecule has 0 atom stereocenters. The Morgan fingerprint density at radius 2 is 1.70 bits per heavy atom. The normalized spacial score (nSPS) is 15.0. The van der Waals surface area contributed by atoms with Gasteiger partial charge in [-0.15, -0.1) is 0 Å². The lowest BCUT2D eigenvalue weighted by atomic mass is 10.1. The minimum atomic E-state index is -3.48. The van der Waals surface area contributed by atoms with Crippen molar-refractivity contribution in [3.05, 3.63) is 100 Å². The minimum absolute atomic E-state index is 0.162. The fourth-order valence-corrected chi connectivity index (χ4v) is 6.76. The van der Waals surface area contributed by atoms with Gasteiger partial charge in [0.25, 0.3) is 5.91 Å². The van der Waals surface area contributed by atoms with Crippen LogP contribution in [-0.2, 0) is 22.3 Å². The fourth-order valence-electron chi connectivity index (χ4n) is 4.12. The highest BCUT2D eigenvalue weighted by Gasteiger charge is 2.28. The molecule has 4 rings (SSSR count). The standard InChI is InChI=1S/C27H29ClFN3O3S2/c28-25-10-5-11-26(29)24(25)20-36-17-12-30-27(33)22-7-4-6-21(18-22)19-31-13-15-32(16-14-31)37(34,35)23-8-2-1-3-9-23/h1-11,18H,12-17,19-20H2,(H,30,33). The van der Waals surface area contributed by atoms with Gasteiger partial charge in [-0.3, -0.25) is 9.69 Å². The van der Waals surface area contributed by atoms with Crippen LogP contribution in [0.15, 0.2) is 77.7 Å².